The largest absolute Gasteiger partial charge is 0.342 e. The van der Waals surface area contributed by atoms with Gasteiger partial charge in [0.15, 0.2) is 0 Å². The highest BCUT2D eigenvalue weighted by molar-refractivity contribution is 5.77. The molecule has 2 fully saturated rings. The average Bonchev–Trinajstić information content (AvgIpc) is 2.66. The molecule has 74 valence electrons. The lowest BCUT2D eigenvalue weighted by Gasteiger charge is -2.41. The highest BCUT2D eigenvalue weighted by atomic mass is 16.2. The molecule has 1 heterocycles. The summed E-state index contributed by atoms with van der Waals surface area (Å²) >= 11 is 0. The van der Waals surface area contributed by atoms with Gasteiger partial charge in [-0.3, -0.25) is 4.79 Å². The number of carbonyl (C=O) groups excluding carboxylic acids is 1. The highest BCUT2D eigenvalue weighted by Gasteiger charge is 2.35. The molecular weight excluding hydrogens is 164 g/mol. The topological polar surface area (TPSA) is 46.3 Å². The fourth-order valence-corrected chi connectivity index (χ4v) is 1.75. The van der Waals surface area contributed by atoms with Crippen LogP contribution in [0.15, 0.2) is 0 Å². The standard InChI is InChI=1S/C10H18N2O/c1-7(11)9-5-12(6-9)10(13)4-8-2-3-8/h7-9H,2-6,11H2,1H3. The minimum absolute atomic E-state index is 0.241. The van der Waals surface area contributed by atoms with Crippen molar-refractivity contribution in [1.82, 2.24) is 4.90 Å². The zero-order valence-corrected chi connectivity index (χ0v) is 8.20. The van der Waals surface area contributed by atoms with E-state index in [1.165, 1.54) is 12.8 Å². The maximum Gasteiger partial charge on any atom is 0.222 e. The summed E-state index contributed by atoms with van der Waals surface area (Å²) in [7, 11) is 0. The first kappa shape index (κ1) is 9.00. The normalized spacial score (nSPS) is 25.5. The van der Waals surface area contributed by atoms with Crippen molar-refractivity contribution in [3.8, 4) is 0 Å². The molecule has 1 amide bonds. The van der Waals surface area contributed by atoms with E-state index in [0.29, 0.717) is 17.7 Å². The van der Waals surface area contributed by atoms with E-state index in [4.69, 9.17) is 5.73 Å². The molecule has 2 aliphatic rings. The van der Waals surface area contributed by atoms with Gasteiger partial charge in [-0.05, 0) is 25.7 Å². The summed E-state index contributed by atoms with van der Waals surface area (Å²) in [6.07, 6.45) is 3.30. The Hall–Kier alpha value is -0.570. The maximum atomic E-state index is 11.5. The molecule has 3 nitrogen and oxygen atoms in total. The van der Waals surface area contributed by atoms with Crippen molar-refractivity contribution in [2.45, 2.75) is 32.2 Å². The van der Waals surface area contributed by atoms with Crippen LogP contribution in [0.25, 0.3) is 0 Å². The second-order valence-corrected chi connectivity index (χ2v) is 4.57. The Labute approximate surface area is 79.3 Å². The highest BCUT2D eigenvalue weighted by Crippen LogP contribution is 2.33. The van der Waals surface area contributed by atoms with Crippen LogP contribution < -0.4 is 5.73 Å². The van der Waals surface area contributed by atoms with E-state index in [9.17, 15) is 4.79 Å². The molecule has 0 spiro atoms. The van der Waals surface area contributed by atoms with Crippen molar-refractivity contribution in [1.29, 1.82) is 0 Å². The third-order valence-electron chi connectivity index (χ3n) is 3.17. The Balaban J connectivity index is 1.69. The minimum atomic E-state index is 0.241. The molecule has 0 aromatic carbocycles. The Morgan fingerprint density at radius 3 is 2.62 bits per heavy atom. The zero-order chi connectivity index (χ0) is 9.42. The maximum absolute atomic E-state index is 11.5. The number of rotatable bonds is 3. The number of likely N-dealkylation sites (tertiary alicyclic amines) is 1. The van der Waals surface area contributed by atoms with Crippen LogP contribution in [0, 0.1) is 11.8 Å². The van der Waals surface area contributed by atoms with Gasteiger partial charge in [-0.25, -0.2) is 0 Å². The molecule has 1 aliphatic heterocycles. The number of carbonyl (C=O) groups is 1. The average molecular weight is 182 g/mol. The molecular formula is C10H18N2O. The third kappa shape index (κ3) is 2.02. The summed E-state index contributed by atoms with van der Waals surface area (Å²) in [5.74, 6) is 1.60. The molecule has 1 saturated carbocycles. The lowest BCUT2D eigenvalue weighted by molar-refractivity contribution is -0.138. The number of hydrogen-bond donors (Lipinski definition) is 1. The lowest BCUT2D eigenvalue weighted by atomic mass is 9.93. The fraction of sp³-hybridized carbons (Fsp3) is 0.900. The summed E-state index contributed by atoms with van der Waals surface area (Å²) in [6, 6.07) is 0.241. The van der Waals surface area contributed by atoms with Crippen LogP contribution in [0.2, 0.25) is 0 Å². The summed E-state index contributed by atoms with van der Waals surface area (Å²) in [6.45, 7) is 3.81. The molecule has 1 saturated heterocycles. The summed E-state index contributed by atoms with van der Waals surface area (Å²) in [5.41, 5.74) is 5.74. The van der Waals surface area contributed by atoms with Crippen molar-refractivity contribution < 1.29 is 4.79 Å². The lowest BCUT2D eigenvalue weighted by Crippen LogP contribution is -2.55. The predicted molar refractivity (Wildman–Crippen MR) is 51.1 cm³/mol. The van der Waals surface area contributed by atoms with Crippen LogP contribution >= 0.6 is 0 Å². The van der Waals surface area contributed by atoms with Crippen molar-refractivity contribution >= 4 is 5.91 Å². The number of nitrogens with zero attached hydrogens (tertiary/aromatic N) is 1. The van der Waals surface area contributed by atoms with E-state index in [-0.39, 0.29) is 6.04 Å². The summed E-state index contributed by atoms with van der Waals surface area (Å²) in [4.78, 5) is 13.5. The first-order valence-corrected chi connectivity index (χ1v) is 5.20. The number of nitrogens with two attached hydrogens (primary N) is 1. The van der Waals surface area contributed by atoms with E-state index >= 15 is 0 Å². The quantitative estimate of drug-likeness (QED) is 0.694. The first-order chi connectivity index (χ1) is 6.16. The Morgan fingerprint density at radius 1 is 1.54 bits per heavy atom. The Morgan fingerprint density at radius 2 is 2.15 bits per heavy atom. The van der Waals surface area contributed by atoms with Crippen molar-refractivity contribution in [2.75, 3.05) is 13.1 Å². The molecule has 0 bridgehead atoms. The first-order valence-electron chi connectivity index (χ1n) is 5.20. The van der Waals surface area contributed by atoms with Gasteiger partial charge >= 0.3 is 0 Å². The van der Waals surface area contributed by atoms with Gasteiger partial charge in [0.05, 0.1) is 0 Å². The van der Waals surface area contributed by atoms with Gasteiger partial charge in [-0.1, -0.05) is 0 Å². The molecule has 13 heavy (non-hydrogen) atoms. The summed E-state index contributed by atoms with van der Waals surface area (Å²) < 4.78 is 0. The van der Waals surface area contributed by atoms with Crippen LogP contribution in [0.3, 0.4) is 0 Å². The van der Waals surface area contributed by atoms with Gasteiger partial charge in [-0.2, -0.15) is 0 Å². The van der Waals surface area contributed by atoms with Gasteiger partial charge < -0.3 is 10.6 Å². The van der Waals surface area contributed by atoms with Gasteiger partial charge in [0.25, 0.3) is 0 Å². The van der Waals surface area contributed by atoms with Crippen LogP contribution in [-0.4, -0.2) is 29.9 Å². The van der Waals surface area contributed by atoms with E-state index < -0.39 is 0 Å². The van der Waals surface area contributed by atoms with E-state index in [1.807, 2.05) is 11.8 Å². The molecule has 0 aromatic heterocycles. The van der Waals surface area contributed by atoms with Crippen LogP contribution in [-0.2, 0) is 4.79 Å². The van der Waals surface area contributed by atoms with E-state index in [0.717, 1.165) is 19.5 Å². The molecule has 0 aromatic rings. The van der Waals surface area contributed by atoms with E-state index in [1.54, 1.807) is 0 Å². The van der Waals surface area contributed by atoms with E-state index in [2.05, 4.69) is 0 Å². The van der Waals surface area contributed by atoms with Crippen LogP contribution in [0.5, 0.6) is 0 Å². The predicted octanol–water partition coefficient (Wildman–Crippen LogP) is 0.592. The van der Waals surface area contributed by atoms with Gasteiger partial charge in [-0.15, -0.1) is 0 Å². The van der Waals surface area contributed by atoms with Crippen molar-refractivity contribution in [2.24, 2.45) is 17.6 Å². The van der Waals surface area contributed by atoms with Crippen LogP contribution in [0.1, 0.15) is 26.2 Å². The molecule has 0 radical (unpaired) electrons. The molecule has 3 heteroatoms. The second kappa shape index (κ2) is 3.29. The fourth-order valence-electron chi connectivity index (χ4n) is 1.75. The zero-order valence-electron chi connectivity index (χ0n) is 8.20. The smallest absolute Gasteiger partial charge is 0.222 e. The minimum Gasteiger partial charge on any atom is -0.342 e. The summed E-state index contributed by atoms with van der Waals surface area (Å²) in [5, 5.41) is 0. The number of hydrogen-bond acceptors (Lipinski definition) is 2. The monoisotopic (exact) mass is 182 g/mol. The molecule has 1 unspecified atom stereocenters. The van der Waals surface area contributed by atoms with Crippen LogP contribution in [0.4, 0.5) is 0 Å². The molecule has 2 rings (SSSR count). The van der Waals surface area contributed by atoms with Crippen molar-refractivity contribution in [3.05, 3.63) is 0 Å². The third-order valence-corrected chi connectivity index (χ3v) is 3.17. The molecule has 1 aliphatic carbocycles. The van der Waals surface area contributed by atoms with Crippen molar-refractivity contribution in [3.63, 3.8) is 0 Å². The van der Waals surface area contributed by atoms with Gasteiger partial charge in [0.1, 0.15) is 0 Å². The van der Waals surface area contributed by atoms with Gasteiger partial charge in [0, 0.05) is 31.5 Å². The van der Waals surface area contributed by atoms with Gasteiger partial charge in [0.2, 0.25) is 5.91 Å². The molecule has 1 atom stereocenters. The second-order valence-electron chi connectivity index (χ2n) is 4.57. The molecule has 2 N–H and O–H groups in total. The Kier molecular flexibility index (Phi) is 2.28. The Bertz CT molecular complexity index is 205. The SMILES string of the molecule is CC(N)C1CN(C(=O)CC2CC2)C1. The number of amides is 1.